The molecule has 2 amide bonds. The summed E-state index contributed by atoms with van der Waals surface area (Å²) in [4.78, 5) is 29.3. The monoisotopic (exact) mass is 411 g/mol. The van der Waals surface area contributed by atoms with E-state index >= 15 is 0 Å². The molecule has 0 spiro atoms. The molecule has 1 aliphatic rings. The van der Waals surface area contributed by atoms with Crippen LogP contribution < -0.4 is 20.7 Å². The topological polar surface area (TPSA) is 92.9 Å². The molecule has 0 fully saturated rings. The first-order valence-electron chi connectivity index (χ1n) is 8.13. The van der Waals surface area contributed by atoms with E-state index in [0.717, 1.165) is 16.0 Å². The Labute approximate surface area is 167 Å². The third kappa shape index (κ3) is 2.90. The molecule has 7 nitrogen and oxygen atoms in total. The van der Waals surface area contributed by atoms with Crippen LogP contribution in [-0.4, -0.2) is 28.7 Å². The van der Waals surface area contributed by atoms with Crippen molar-refractivity contribution in [2.24, 2.45) is 4.99 Å². The summed E-state index contributed by atoms with van der Waals surface area (Å²) < 4.78 is 6.44. The van der Waals surface area contributed by atoms with E-state index in [4.69, 9.17) is 17.0 Å². The molecule has 0 saturated carbocycles. The molecule has 0 saturated heterocycles. The molecule has 2 aromatic carbocycles. The predicted molar refractivity (Wildman–Crippen MR) is 106 cm³/mol. The Morgan fingerprint density at radius 3 is 2.71 bits per heavy atom. The highest BCUT2D eigenvalue weighted by molar-refractivity contribution is 7.73. The van der Waals surface area contributed by atoms with Crippen molar-refractivity contribution < 1.29 is 19.4 Å². The smallest absolute Gasteiger partial charge is 0.279 e. The Morgan fingerprint density at radius 1 is 1.21 bits per heavy atom. The van der Waals surface area contributed by atoms with Gasteiger partial charge in [-0.05, 0) is 30.4 Å². The lowest BCUT2D eigenvalue weighted by atomic mass is 10.1. The summed E-state index contributed by atoms with van der Waals surface area (Å²) in [5.74, 6) is -0.917. The van der Waals surface area contributed by atoms with E-state index in [2.05, 4.69) is 10.4 Å². The third-order valence-corrected chi connectivity index (χ3v) is 5.57. The molecule has 3 aromatic rings. The number of amides is 2. The van der Waals surface area contributed by atoms with Crippen molar-refractivity contribution >= 4 is 40.9 Å². The molecule has 0 bridgehead atoms. The minimum atomic E-state index is -0.513. The fraction of sp³-hybridized carbons (Fsp3) is 0.0526. The van der Waals surface area contributed by atoms with Crippen LogP contribution in [0.2, 0.25) is 0 Å². The maximum Gasteiger partial charge on any atom is 0.279 e. The molecule has 1 aromatic heterocycles. The fourth-order valence-corrected chi connectivity index (χ4v) is 4.17. The minimum absolute atomic E-state index is 0.181. The molecule has 4 rings (SSSR count). The molecule has 0 unspecified atom stereocenters. The summed E-state index contributed by atoms with van der Waals surface area (Å²) in [6.07, 6.45) is 0. The van der Waals surface area contributed by atoms with Crippen LogP contribution in [0.25, 0.3) is 5.57 Å². The highest BCUT2D eigenvalue weighted by Gasteiger charge is 2.26. The number of hydrogen-bond acceptors (Lipinski definition) is 6. The zero-order chi connectivity index (χ0) is 19.8. The first kappa shape index (κ1) is 18.1. The number of para-hydroxylation sites is 2. The van der Waals surface area contributed by atoms with Gasteiger partial charge in [0.2, 0.25) is 5.88 Å². The summed E-state index contributed by atoms with van der Waals surface area (Å²) in [6, 6.07) is 13.7. The molecule has 0 atom stereocenters. The number of rotatable bonds is 4. The highest BCUT2D eigenvalue weighted by atomic mass is 32.1. The van der Waals surface area contributed by atoms with E-state index in [1.165, 1.54) is 7.11 Å². The second kappa shape index (κ2) is 7.02. The summed E-state index contributed by atoms with van der Waals surface area (Å²) in [7, 11) is 1.46. The lowest BCUT2D eigenvalue weighted by molar-refractivity contribution is -0.112. The number of carbonyl (C=O) groups is 2. The van der Waals surface area contributed by atoms with E-state index in [-0.39, 0.29) is 25.8 Å². The van der Waals surface area contributed by atoms with Crippen molar-refractivity contribution in [1.82, 2.24) is 4.68 Å². The van der Waals surface area contributed by atoms with E-state index < -0.39 is 11.8 Å². The molecular formula is C19H13N3O4S2. The average molecular weight is 411 g/mol. The quantitative estimate of drug-likeness (QED) is 0.638. The molecule has 0 aliphatic carbocycles. The van der Waals surface area contributed by atoms with Crippen LogP contribution in [-0.2, 0) is 4.79 Å². The van der Waals surface area contributed by atoms with Gasteiger partial charge in [-0.25, -0.2) is 4.99 Å². The normalized spacial score (nSPS) is 12.5. The lowest BCUT2D eigenvalue weighted by Crippen LogP contribution is -2.23. The standard InChI is InChI=1S/C19H13N3O4S2/c1-26-13-9-5-3-7-11(13)16(23)21-22-18(25)15(28-19(22)27)14-10-6-2-4-8-12(10)20-17(14)24/h2-9,25H,1H3,(H,21,23). The van der Waals surface area contributed by atoms with Crippen LogP contribution in [0.5, 0.6) is 11.6 Å². The van der Waals surface area contributed by atoms with Crippen LogP contribution in [0.4, 0.5) is 0 Å². The van der Waals surface area contributed by atoms with Gasteiger partial charge in [-0.3, -0.25) is 15.0 Å². The number of hydrogen-bond donors (Lipinski definition) is 2. The number of aromatic nitrogens is 1. The summed E-state index contributed by atoms with van der Waals surface area (Å²) in [5, 5.41) is 11.8. The van der Waals surface area contributed by atoms with Crippen LogP contribution >= 0.6 is 23.6 Å². The Hall–Kier alpha value is -3.30. The number of aromatic hydroxyl groups is 1. The first-order valence-corrected chi connectivity index (χ1v) is 9.35. The van der Waals surface area contributed by atoms with Crippen LogP contribution in [0, 0.1) is 3.95 Å². The number of benzene rings is 2. The molecule has 0 radical (unpaired) electrons. The minimum Gasteiger partial charge on any atom is -0.496 e. The molecule has 1 aliphatic heterocycles. The van der Waals surface area contributed by atoms with Crippen LogP contribution in [0.1, 0.15) is 15.2 Å². The van der Waals surface area contributed by atoms with Crippen molar-refractivity contribution in [3.8, 4) is 11.6 Å². The molecule has 2 heterocycles. The number of nitrogens with zero attached hydrogens (tertiary/aromatic N) is 2. The van der Waals surface area contributed by atoms with Crippen molar-refractivity contribution in [3.63, 3.8) is 0 Å². The third-order valence-electron chi connectivity index (χ3n) is 4.19. The SMILES string of the molecule is COc1ccccc1C(=O)Nn1c(O)c(C2=c3ccccc3=NC2=O)sc1=S. The van der Waals surface area contributed by atoms with Gasteiger partial charge in [0.05, 0.1) is 23.6 Å². The zero-order valence-corrected chi connectivity index (χ0v) is 16.1. The van der Waals surface area contributed by atoms with Gasteiger partial charge in [-0.15, -0.1) is 0 Å². The summed E-state index contributed by atoms with van der Waals surface area (Å²) in [6.45, 7) is 0. The van der Waals surface area contributed by atoms with Gasteiger partial charge in [-0.1, -0.05) is 41.7 Å². The molecule has 28 heavy (non-hydrogen) atoms. The maximum atomic E-state index is 12.6. The fourth-order valence-electron chi connectivity index (χ4n) is 2.90. The first-order chi connectivity index (χ1) is 13.5. The van der Waals surface area contributed by atoms with Crippen molar-refractivity contribution in [2.75, 3.05) is 12.5 Å². The van der Waals surface area contributed by atoms with Crippen molar-refractivity contribution in [2.45, 2.75) is 0 Å². The predicted octanol–water partition coefficient (Wildman–Crippen LogP) is 1.74. The number of thiazole rings is 1. The van der Waals surface area contributed by atoms with Gasteiger partial charge in [0.25, 0.3) is 11.8 Å². The van der Waals surface area contributed by atoms with Gasteiger partial charge in [0.15, 0.2) is 3.95 Å². The average Bonchev–Trinajstić information content (AvgIpc) is 3.17. The van der Waals surface area contributed by atoms with Crippen LogP contribution in [0.15, 0.2) is 53.5 Å². The Kier molecular flexibility index (Phi) is 4.54. The molecule has 2 N–H and O–H groups in total. The van der Waals surface area contributed by atoms with Gasteiger partial charge >= 0.3 is 0 Å². The number of fused-ring (bicyclic) bond motifs is 1. The van der Waals surface area contributed by atoms with Crippen molar-refractivity contribution in [3.05, 3.63) is 73.5 Å². The molecule has 9 heteroatoms. The van der Waals surface area contributed by atoms with Crippen molar-refractivity contribution in [1.29, 1.82) is 0 Å². The largest absolute Gasteiger partial charge is 0.496 e. The number of methoxy groups -OCH3 is 1. The van der Waals surface area contributed by atoms with Gasteiger partial charge in [0.1, 0.15) is 10.6 Å². The lowest BCUT2D eigenvalue weighted by Gasteiger charge is -2.10. The summed E-state index contributed by atoms with van der Waals surface area (Å²) >= 11 is 6.30. The van der Waals surface area contributed by atoms with Gasteiger partial charge in [0, 0.05) is 5.22 Å². The maximum absolute atomic E-state index is 12.6. The van der Waals surface area contributed by atoms with E-state index in [1.807, 2.05) is 0 Å². The van der Waals surface area contributed by atoms with E-state index in [0.29, 0.717) is 16.3 Å². The zero-order valence-electron chi connectivity index (χ0n) is 14.5. The second-order valence-corrected chi connectivity index (χ2v) is 7.45. The Balaban J connectivity index is 1.78. The van der Waals surface area contributed by atoms with E-state index in [1.54, 1.807) is 48.5 Å². The number of nitrogens with one attached hydrogen (secondary N) is 1. The number of carbonyl (C=O) groups excluding carboxylic acids is 2. The molecular weight excluding hydrogens is 398 g/mol. The molecule has 140 valence electrons. The highest BCUT2D eigenvalue weighted by Crippen LogP contribution is 2.32. The van der Waals surface area contributed by atoms with E-state index in [9.17, 15) is 14.7 Å². The summed E-state index contributed by atoms with van der Waals surface area (Å²) in [5.41, 5.74) is 3.09. The van der Waals surface area contributed by atoms with Crippen LogP contribution in [0.3, 0.4) is 0 Å². The van der Waals surface area contributed by atoms with Gasteiger partial charge < -0.3 is 9.84 Å². The van der Waals surface area contributed by atoms with Gasteiger partial charge in [-0.2, -0.15) is 4.68 Å². The number of ether oxygens (including phenoxy) is 1. The second-order valence-electron chi connectivity index (χ2n) is 5.81. The Bertz CT molecular complexity index is 1310. The Morgan fingerprint density at radius 2 is 1.93 bits per heavy atom.